The van der Waals surface area contributed by atoms with Crippen LogP contribution in [0.25, 0.3) is 0 Å². The van der Waals surface area contributed by atoms with Crippen molar-refractivity contribution < 1.29 is 28.2 Å². The molecule has 11 heteroatoms. The lowest BCUT2D eigenvalue weighted by Crippen LogP contribution is -2.31. The molecule has 1 aliphatic heterocycles. The Kier molecular flexibility index (Phi) is 13.0. The van der Waals surface area contributed by atoms with Crippen LogP contribution in [0.2, 0.25) is 5.02 Å². The summed E-state index contributed by atoms with van der Waals surface area (Å²) < 4.78 is 23.9. The van der Waals surface area contributed by atoms with E-state index in [1.165, 1.54) is 36.2 Å². The van der Waals surface area contributed by atoms with Crippen molar-refractivity contribution >= 4 is 35.2 Å². The van der Waals surface area contributed by atoms with Crippen molar-refractivity contribution in [2.75, 3.05) is 25.0 Å². The number of hydrogen-bond donors (Lipinski definition) is 2. The van der Waals surface area contributed by atoms with Crippen molar-refractivity contribution in [3.8, 4) is 5.75 Å². The third kappa shape index (κ3) is 11.4. The van der Waals surface area contributed by atoms with Gasteiger partial charge in [-0.25, -0.2) is 9.18 Å². The van der Waals surface area contributed by atoms with Gasteiger partial charge in [0.15, 0.2) is 6.61 Å². The molecule has 0 saturated carbocycles. The minimum atomic E-state index is -0.600. The standard InChI is InChI=1S/C27H30ClFN4O5.C2H6/c1-18(2)38-27(36)30-11-4-12-32(15-23-16-33(23)14-20-5-8-22(29)9-6-20)26(35)17-37-25-10-7-21(28)13-24(25)31-19(3)34;1-2/h4-11,13,15,18H,12,14,16-17H2,1-3H3,(H,30,36)(H,31,34);1-2H3/b11-4+,23-15+;. The molecule has 2 aromatic rings. The zero-order valence-corrected chi connectivity index (χ0v) is 24.1. The summed E-state index contributed by atoms with van der Waals surface area (Å²) in [5.74, 6) is -0.668. The maximum absolute atomic E-state index is 13.2. The number of amides is 3. The average molecular weight is 575 g/mol. The summed E-state index contributed by atoms with van der Waals surface area (Å²) in [5, 5.41) is 5.52. The van der Waals surface area contributed by atoms with E-state index < -0.39 is 6.09 Å². The van der Waals surface area contributed by atoms with E-state index in [-0.39, 0.29) is 36.9 Å². The summed E-state index contributed by atoms with van der Waals surface area (Å²) in [6, 6.07) is 10.9. The van der Waals surface area contributed by atoms with Crippen LogP contribution in [-0.2, 0) is 20.9 Å². The van der Waals surface area contributed by atoms with Gasteiger partial charge in [-0.3, -0.25) is 14.9 Å². The maximum atomic E-state index is 13.2. The predicted octanol–water partition coefficient (Wildman–Crippen LogP) is 5.68. The molecule has 1 heterocycles. The van der Waals surface area contributed by atoms with Gasteiger partial charge in [-0.1, -0.05) is 37.6 Å². The Balaban J connectivity index is 0.00000274. The third-order valence-electron chi connectivity index (χ3n) is 5.13. The van der Waals surface area contributed by atoms with Crippen molar-refractivity contribution in [1.29, 1.82) is 0 Å². The van der Waals surface area contributed by atoms with E-state index in [1.54, 1.807) is 50.4 Å². The number of carbonyl (C=O) groups is 3. The summed E-state index contributed by atoms with van der Waals surface area (Å²) in [7, 11) is 0. The first kappa shape index (κ1) is 32.2. The predicted molar refractivity (Wildman–Crippen MR) is 153 cm³/mol. The van der Waals surface area contributed by atoms with Gasteiger partial charge in [-0.05, 0) is 55.8 Å². The van der Waals surface area contributed by atoms with Crippen LogP contribution in [0.3, 0.4) is 0 Å². The zero-order valence-electron chi connectivity index (χ0n) is 23.4. The van der Waals surface area contributed by atoms with Gasteiger partial charge in [0.2, 0.25) is 5.91 Å². The summed E-state index contributed by atoms with van der Waals surface area (Å²) >= 11 is 6.02. The molecule has 3 amide bonds. The molecule has 0 atom stereocenters. The summed E-state index contributed by atoms with van der Waals surface area (Å²) in [4.78, 5) is 39.8. The quantitative estimate of drug-likeness (QED) is 0.335. The summed E-state index contributed by atoms with van der Waals surface area (Å²) in [6.45, 7) is 9.89. The highest BCUT2D eigenvalue weighted by Crippen LogP contribution is 2.29. The Hall–Kier alpha value is -4.05. The Morgan fingerprint density at radius 1 is 1.15 bits per heavy atom. The van der Waals surface area contributed by atoms with Crippen molar-refractivity contribution in [2.45, 2.75) is 47.3 Å². The van der Waals surface area contributed by atoms with Gasteiger partial charge in [0, 0.05) is 37.4 Å². The van der Waals surface area contributed by atoms with Gasteiger partial charge in [0.25, 0.3) is 5.91 Å². The van der Waals surface area contributed by atoms with Gasteiger partial charge in [0.05, 0.1) is 24.0 Å². The number of ether oxygens (including phenoxy) is 2. The highest BCUT2D eigenvalue weighted by atomic mass is 35.5. The van der Waals surface area contributed by atoms with Crippen LogP contribution < -0.4 is 15.4 Å². The van der Waals surface area contributed by atoms with E-state index in [1.807, 2.05) is 18.7 Å². The van der Waals surface area contributed by atoms with Crippen LogP contribution in [0, 0.1) is 5.82 Å². The normalized spacial score (nSPS) is 13.0. The van der Waals surface area contributed by atoms with E-state index in [4.69, 9.17) is 21.1 Å². The molecular formula is C29H36ClFN4O5. The monoisotopic (exact) mass is 574 g/mol. The van der Waals surface area contributed by atoms with E-state index in [9.17, 15) is 18.8 Å². The molecule has 216 valence electrons. The van der Waals surface area contributed by atoms with E-state index >= 15 is 0 Å². The summed E-state index contributed by atoms with van der Waals surface area (Å²) in [6.07, 6.45) is 3.86. The van der Waals surface area contributed by atoms with Gasteiger partial charge in [-0.2, -0.15) is 0 Å². The summed E-state index contributed by atoms with van der Waals surface area (Å²) in [5.41, 5.74) is 2.20. The van der Waals surface area contributed by atoms with E-state index in [0.29, 0.717) is 29.5 Å². The largest absolute Gasteiger partial charge is 0.482 e. The van der Waals surface area contributed by atoms with Crippen LogP contribution >= 0.6 is 11.6 Å². The number of nitrogens with zero attached hydrogens (tertiary/aromatic N) is 2. The van der Waals surface area contributed by atoms with Crippen molar-refractivity contribution in [1.82, 2.24) is 15.1 Å². The molecule has 40 heavy (non-hydrogen) atoms. The van der Waals surface area contributed by atoms with Crippen molar-refractivity contribution in [3.63, 3.8) is 0 Å². The molecule has 3 rings (SSSR count). The Morgan fingerprint density at radius 3 is 2.50 bits per heavy atom. The molecular weight excluding hydrogens is 539 g/mol. The fourth-order valence-corrected chi connectivity index (χ4v) is 3.51. The SMILES string of the molecule is CC.CC(=O)Nc1cc(Cl)ccc1OCC(=O)N(/C=C1\CN1Cc1ccc(F)cc1)C/C=C/NC(=O)OC(C)C. The van der Waals surface area contributed by atoms with Gasteiger partial charge in [-0.15, -0.1) is 0 Å². The van der Waals surface area contributed by atoms with Gasteiger partial charge in [0.1, 0.15) is 11.6 Å². The number of halogens is 2. The van der Waals surface area contributed by atoms with E-state index in [0.717, 1.165) is 11.3 Å². The van der Waals surface area contributed by atoms with Crippen LogP contribution in [0.5, 0.6) is 5.75 Å². The highest BCUT2D eigenvalue weighted by Gasteiger charge is 2.27. The third-order valence-corrected chi connectivity index (χ3v) is 5.37. The van der Waals surface area contributed by atoms with Crippen LogP contribution in [0.4, 0.5) is 14.9 Å². The zero-order chi connectivity index (χ0) is 29.7. The minimum Gasteiger partial charge on any atom is -0.482 e. The number of benzene rings is 2. The first-order chi connectivity index (χ1) is 19.1. The lowest BCUT2D eigenvalue weighted by atomic mass is 10.2. The van der Waals surface area contributed by atoms with Gasteiger partial charge >= 0.3 is 6.09 Å². The molecule has 1 fully saturated rings. The average Bonchev–Trinajstić information content (AvgIpc) is 3.64. The molecule has 1 aliphatic rings. The Labute approximate surface area is 239 Å². The van der Waals surface area contributed by atoms with Crippen molar-refractivity contribution in [3.05, 3.63) is 83.0 Å². The molecule has 0 radical (unpaired) electrons. The minimum absolute atomic E-state index is 0.150. The molecule has 0 unspecified atom stereocenters. The lowest BCUT2D eigenvalue weighted by Gasteiger charge is -2.18. The molecule has 2 N–H and O–H groups in total. The second-order valence-electron chi connectivity index (χ2n) is 8.76. The molecule has 2 aromatic carbocycles. The Morgan fingerprint density at radius 2 is 1.85 bits per heavy atom. The first-order valence-corrected chi connectivity index (χ1v) is 13.3. The molecule has 0 aliphatic carbocycles. The molecule has 0 aromatic heterocycles. The van der Waals surface area contributed by atoms with Crippen LogP contribution in [0.1, 0.15) is 40.2 Å². The molecule has 0 spiro atoms. The van der Waals surface area contributed by atoms with Crippen molar-refractivity contribution in [2.24, 2.45) is 0 Å². The van der Waals surface area contributed by atoms with Gasteiger partial charge < -0.3 is 24.6 Å². The number of nitrogens with one attached hydrogen (secondary N) is 2. The number of carbonyl (C=O) groups excluding carboxylic acids is 3. The van der Waals surface area contributed by atoms with E-state index in [2.05, 4.69) is 10.6 Å². The number of rotatable bonds is 11. The molecule has 9 nitrogen and oxygen atoms in total. The highest BCUT2D eigenvalue weighted by molar-refractivity contribution is 6.31. The fourth-order valence-electron chi connectivity index (χ4n) is 3.34. The maximum Gasteiger partial charge on any atom is 0.411 e. The smallest absolute Gasteiger partial charge is 0.411 e. The second kappa shape index (κ2) is 16.1. The van der Waals surface area contributed by atoms with Crippen LogP contribution in [-0.4, -0.2) is 53.5 Å². The number of anilines is 1. The molecule has 1 saturated heterocycles. The topological polar surface area (TPSA) is 100.0 Å². The molecule has 0 bridgehead atoms. The fraction of sp³-hybridized carbons (Fsp3) is 0.345. The number of alkyl carbamates (subject to hydrolysis) is 1. The number of hydrogen-bond acceptors (Lipinski definition) is 6. The first-order valence-electron chi connectivity index (χ1n) is 12.9. The Bertz CT molecular complexity index is 1220. The lowest BCUT2D eigenvalue weighted by molar-refractivity contribution is -0.130. The van der Waals surface area contributed by atoms with Crippen LogP contribution in [0.15, 0.2) is 66.6 Å². The second-order valence-corrected chi connectivity index (χ2v) is 9.20.